The van der Waals surface area contributed by atoms with Crippen molar-refractivity contribution in [2.24, 2.45) is 0 Å². The third kappa shape index (κ3) is 3.45. The lowest BCUT2D eigenvalue weighted by molar-refractivity contribution is 0.917. The van der Waals surface area contributed by atoms with Crippen LogP contribution in [0.3, 0.4) is 0 Å². The second kappa shape index (κ2) is 8.76. The maximum Gasteiger partial charge on any atom is 0.114 e. The lowest BCUT2D eigenvalue weighted by Gasteiger charge is -2.20. The summed E-state index contributed by atoms with van der Waals surface area (Å²) in [6, 6.07) is 27.7. The van der Waals surface area contributed by atoms with Gasteiger partial charge in [-0.2, -0.15) is 0 Å². The van der Waals surface area contributed by atoms with Crippen LogP contribution in [-0.2, 0) is 6.37 Å². The predicted octanol–water partition coefficient (Wildman–Crippen LogP) is 9.23. The largest absolute Gasteiger partial charge is 0.295 e. The molecule has 37 heavy (non-hydrogen) atoms. The Balaban J connectivity index is 1.59. The Morgan fingerprint density at radius 2 is 1.35 bits per heavy atom. The number of aromatic nitrogens is 2. The third-order valence-electron chi connectivity index (χ3n) is 6.74. The molecule has 1 aromatic heterocycles. The smallest absolute Gasteiger partial charge is 0.114 e. The summed E-state index contributed by atoms with van der Waals surface area (Å²) >= 11 is 0. The van der Waals surface area contributed by atoms with Crippen LogP contribution in [0.25, 0.3) is 60.5 Å². The number of nitrogens with zero attached hydrogens (tertiary/aromatic N) is 2. The van der Waals surface area contributed by atoms with Crippen molar-refractivity contribution >= 4 is 32.6 Å². The average Bonchev–Trinajstić information content (AvgIpc) is 3.45. The molecule has 0 unspecified atom stereocenters. The second-order valence-corrected chi connectivity index (χ2v) is 8.78. The van der Waals surface area contributed by atoms with Gasteiger partial charge in [-0.3, -0.25) is 4.57 Å². The van der Waals surface area contributed by atoms with Crippen molar-refractivity contribution in [1.82, 2.24) is 9.55 Å². The van der Waals surface area contributed by atoms with Crippen LogP contribution < -0.4 is 0 Å². The number of rotatable bonds is 4. The van der Waals surface area contributed by atoms with Gasteiger partial charge in [-0.15, -0.1) is 0 Å². The molecule has 2 heteroatoms. The Morgan fingerprint density at radius 1 is 0.703 bits per heavy atom. The fraction of sp³-hybridized carbons (Fsp3) is 0.0571. The highest BCUT2D eigenvalue weighted by Gasteiger charge is 2.20. The molecule has 0 N–H and O–H groups in total. The van der Waals surface area contributed by atoms with Gasteiger partial charge in [0.15, 0.2) is 0 Å². The zero-order valence-corrected chi connectivity index (χ0v) is 19.6. The lowest BCUT2D eigenvalue weighted by atomic mass is 9.89. The van der Waals surface area contributed by atoms with Crippen molar-refractivity contribution in [3.63, 3.8) is 0 Å². The Kier molecular flexibility index (Phi) is 3.21. The molecular formula is C35H26N2. The minimum Gasteiger partial charge on any atom is -0.295 e. The minimum absolute atomic E-state index is 0.101. The van der Waals surface area contributed by atoms with Crippen molar-refractivity contribution in [3.8, 4) is 27.9 Å². The van der Waals surface area contributed by atoms with E-state index >= 15 is 0 Å². The first kappa shape index (κ1) is 13.6. The molecule has 1 heterocycles. The molecule has 6 aromatic carbocycles. The first-order valence-corrected chi connectivity index (χ1v) is 11.9. The summed E-state index contributed by atoms with van der Waals surface area (Å²) in [4.78, 5) is 4.55. The van der Waals surface area contributed by atoms with E-state index in [9.17, 15) is 0 Å². The van der Waals surface area contributed by atoms with Gasteiger partial charge in [-0.25, -0.2) is 4.98 Å². The molecule has 7 rings (SSSR count). The molecule has 0 amide bonds. The second-order valence-electron chi connectivity index (χ2n) is 8.78. The molecule has 0 aliphatic carbocycles. The predicted molar refractivity (Wildman–Crippen MR) is 156 cm³/mol. The fourth-order valence-corrected chi connectivity index (χ4v) is 5.22. The van der Waals surface area contributed by atoms with Crippen LogP contribution in [0.15, 0.2) is 127 Å². The normalized spacial score (nSPS) is 16.1. The number of benzene rings is 6. The van der Waals surface area contributed by atoms with Crippen molar-refractivity contribution in [1.29, 1.82) is 0 Å². The highest BCUT2D eigenvalue weighted by molar-refractivity contribution is 6.18. The van der Waals surface area contributed by atoms with Gasteiger partial charge in [-0.05, 0) is 51.2 Å². The summed E-state index contributed by atoms with van der Waals surface area (Å²) in [6.45, 7) is -3.00. The number of imidazole rings is 1. The van der Waals surface area contributed by atoms with E-state index in [-0.39, 0.29) is 23.5 Å². The Labute approximate surface area is 230 Å². The summed E-state index contributed by atoms with van der Waals surface area (Å²) in [5.74, 6) is -0.232. The quantitative estimate of drug-likeness (QED) is 0.228. The maximum absolute atomic E-state index is 8.77. The van der Waals surface area contributed by atoms with Crippen LogP contribution in [0.2, 0.25) is 0 Å². The Hall–Kier alpha value is -4.69. The van der Waals surface area contributed by atoms with E-state index in [1.54, 1.807) is 41.0 Å². The summed E-state index contributed by atoms with van der Waals surface area (Å²) in [5, 5.41) is 3.02. The fourth-order valence-electron chi connectivity index (χ4n) is 5.22. The van der Waals surface area contributed by atoms with Gasteiger partial charge in [0.1, 0.15) is 5.82 Å². The minimum atomic E-state index is -3.00. The molecule has 0 spiro atoms. The highest BCUT2D eigenvalue weighted by atomic mass is 15.1. The summed E-state index contributed by atoms with van der Waals surface area (Å²) in [7, 11) is 0. The number of aryl methyl sites for hydroxylation is 1. The zero-order chi connectivity index (χ0) is 33.4. The van der Waals surface area contributed by atoms with Crippen molar-refractivity contribution < 1.29 is 13.7 Å². The van der Waals surface area contributed by atoms with Crippen LogP contribution in [0.4, 0.5) is 0 Å². The third-order valence-corrected chi connectivity index (χ3v) is 6.74. The number of hydrogen-bond acceptors (Lipinski definition) is 1. The molecule has 0 aliphatic rings. The first-order chi connectivity index (χ1) is 22.3. The van der Waals surface area contributed by atoms with Gasteiger partial charge >= 0.3 is 0 Å². The standard InChI is InChI=1S/C35H26N2/c1-2-33-36-31-21-10-11-22-32(31)37(33)35-29-19-8-6-17-27(29)34(28-18-7-9-20-30(28)35)26-16-12-15-25(23-26)24-13-4-3-5-14-24/h3-23H,2H2,1H3/i1D3,2D2,3D,4D,5D,13D,14D. The summed E-state index contributed by atoms with van der Waals surface area (Å²) in [5.41, 5.74) is 3.72. The van der Waals surface area contributed by atoms with E-state index in [1.165, 1.54) is 0 Å². The monoisotopic (exact) mass is 484 g/mol. The number of hydrogen-bond donors (Lipinski definition) is 0. The maximum atomic E-state index is 8.77. The topological polar surface area (TPSA) is 17.8 Å². The first-order valence-electron chi connectivity index (χ1n) is 16.9. The van der Waals surface area contributed by atoms with Gasteiger partial charge in [-0.1, -0.05) is 116 Å². The molecule has 0 aliphatic heterocycles. The van der Waals surface area contributed by atoms with E-state index in [4.69, 9.17) is 13.7 Å². The van der Waals surface area contributed by atoms with Gasteiger partial charge < -0.3 is 0 Å². The van der Waals surface area contributed by atoms with Crippen molar-refractivity contribution in [3.05, 3.63) is 133 Å². The molecule has 176 valence electrons. The molecule has 2 nitrogen and oxygen atoms in total. The van der Waals surface area contributed by atoms with Crippen LogP contribution in [0.5, 0.6) is 0 Å². The van der Waals surface area contributed by atoms with E-state index in [0.29, 0.717) is 22.3 Å². The molecule has 7 aromatic rings. The Morgan fingerprint density at radius 3 is 2.08 bits per heavy atom. The zero-order valence-electron chi connectivity index (χ0n) is 29.6. The Bertz CT molecular complexity index is 2310. The van der Waals surface area contributed by atoms with E-state index in [0.717, 1.165) is 32.7 Å². The molecule has 0 fully saturated rings. The molecule has 0 radical (unpaired) electrons. The van der Waals surface area contributed by atoms with Gasteiger partial charge in [0.05, 0.1) is 23.6 Å². The summed E-state index contributed by atoms with van der Waals surface area (Å²) < 4.78 is 84.9. The lowest BCUT2D eigenvalue weighted by Crippen LogP contribution is -2.03. The molecule has 0 saturated carbocycles. The molecule has 0 bridgehead atoms. The van der Waals surface area contributed by atoms with Crippen LogP contribution in [-0.4, -0.2) is 9.55 Å². The molecular weight excluding hydrogens is 448 g/mol. The van der Waals surface area contributed by atoms with E-state index < -0.39 is 31.4 Å². The average molecular weight is 485 g/mol. The van der Waals surface area contributed by atoms with E-state index in [1.807, 2.05) is 60.7 Å². The van der Waals surface area contributed by atoms with Crippen molar-refractivity contribution in [2.45, 2.75) is 13.2 Å². The van der Waals surface area contributed by atoms with Gasteiger partial charge in [0.2, 0.25) is 0 Å². The van der Waals surface area contributed by atoms with Crippen LogP contribution in [0.1, 0.15) is 26.4 Å². The molecule has 0 atom stereocenters. The van der Waals surface area contributed by atoms with Crippen molar-refractivity contribution in [2.75, 3.05) is 0 Å². The van der Waals surface area contributed by atoms with Crippen LogP contribution in [0, 0.1) is 0 Å². The summed E-state index contributed by atoms with van der Waals surface area (Å²) in [6.07, 6.45) is -2.79. The SMILES string of the molecule is [2H]c1c([2H])c([2H])c(-c2cccc(-c3c4ccccc4c(-n4c(C([2H])([2H])C([2H])([2H])[2H])nc5ccccc54)c4ccccc34)c2)c([2H])c1[2H]. The number of para-hydroxylation sites is 2. The highest BCUT2D eigenvalue weighted by Crippen LogP contribution is 2.42. The van der Waals surface area contributed by atoms with Gasteiger partial charge in [0.25, 0.3) is 0 Å². The van der Waals surface area contributed by atoms with E-state index in [2.05, 4.69) is 4.98 Å². The van der Waals surface area contributed by atoms with Gasteiger partial charge in [0, 0.05) is 24.0 Å². The molecule has 0 saturated heterocycles. The van der Waals surface area contributed by atoms with Crippen LogP contribution >= 0.6 is 0 Å². The number of fused-ring (bicyclic) bond motifs is 3.